The Labute approximate surface area is 136 Å². The number of allylic oxidation sites excluding steroid dienone is 2. The van der Waals surface area contributed by atoms with Crippen LogP contribution in [0.5, 0.6) is 0 Å². The number of hydrogen-bond donors (Lipinski definition) is 0. The molecule has 2 fully saturated rings. The highest BCUT2D eigenvalue weighted by molar-refractivity contribution is 5.85. The summed E-state index contributed by atoms with van der Waals surface area (Å²) in [4.78, 5) is 33.0. The molecule has 2 aliphatic heterocycles. The molecule has 5 nitrogen and oxygen atoms in total. The Morgan fingerprint density at radius 3 is 2.57 bits per heavy atom. The van der Waals surface area contributed by atoms with Crippen LogP contribution in [0, 0.1) is 17.8 Å². The first-order valence-corrected chi connectivity index (χ1v) is 8.34. The van der Waals surface area contributed by atoms with E-state index >= 15 is 0 Å². The first-order chi connectivity index (χ1) is 11.2. The molecule has 0 aromatic carbocycles. The number of amides is 2. The Morgan fingerprint density at radius 2 is 1.87 bits per heavy atom. The maximum Gasteiger partial charge on any atom is 0.228 e. The van der Waals surface area contributed by atoms with Crippen LogP contribution >= 0.6 is 0 Å². The maximum absolute atomic E-state index is 12.6. The molecule has 5 heteroatoms. The second-order valence-corrected chi connectivity index (χ2v) is 6.82. The van der Waals surface area contributed by atoms with Gasteiger partial charge in [0.25, 0.3) is 0 Å². The van der Waals surface area contributed by atoms with E-state index in [1.54, 1.807) is 12.4 Å². The Bertz CT molecular complexity index is 635. The lowest BCUT2D eigenvalue weighted by atomic mass is 10.0. The molecular formula is C18H21N3O2. The van der Waals surface area contributed by atoms with Crippen LogP contribution in [0.25, 0.3) is 0 Å². The second-order valence-electron chi connectivity index (χ2n) is 6.82. The van der Waals surface area contributed by atoms with Gasteiger partial charge >= 0.3 is 0 Å². The number of rotatable bonds is 3. The normalized spacial score (nSPS) is 27.0. The highest BCUT2D eigenvalue weighted by Crippen LogP contribution is 2.34. The first-order valence-electron chi connectivity index (χ1n) is 8.34. The van der Waals surface area contributed by atoms with Crippen molar-refractivity contribution < 1.29 is 9.59 Å². The van der Waals surface area contributed by atoms with E-state index in [0.717, 1.165) is 31.5 Å². The average molecular weight is 311 g/mol. The fourth-order valence-corrected chi connectivity index (χ4v) is 4.05. The van der Waals surface area contributed by atoms with Gasteiger partial charge in [-0.25, -0.2) is 0 Å². The van der Waals surface area contributed by atoms with Crippen molar-refractivity contribution in [3.8, 4) is 0 Å². The minimum absolute atomic E-state index is 0.00449. The summed E-state index contributed by atoms with van der Waals surface area (Å²) >= 11 is 0. The van der Waals surface area contributed by atoms with E-state index in [2.05, 4.69) is 17.1 Å². The van der Waals surface area contributed by atoms with E-state index in [0.29, 0.717) is 19.0 Å². The minimum atomic E-state index is -0.00449. The van der Waals surface area contributed by atoms with Gasteiger partial charge in [-0.1, -0.05) is 12.2 Å². The third-order valence-corrected chi connectivity index (χ3v) is 5.32. The Morgan fingerprint density at radius 1 is 1.13 bits per heavy atom. The van der Waals surface area contributed by atoms with Gasteiger partial charge in [0.15, 0.2) is 0 Å². The number of pyridine rings is 1. The van der Waals surface area contributed by atoms with Gasteiger partial charge in [-0.3, -0.25) is 14.6 Å². The van der Waals surface area contributed by atoms with Gasteiger partial charge in [0, 0.05) is 50.4 Å². The summed E-state index contributed by atoms with van der Waals surface area (Å²) in [5, 5.41) is 0. The monoisotopic (exact) mass is 311 g/mol. The molecule has 2 atom stereocenters. The summed E-state index contributed by atoms with van der Waals surface area (Å²) < 4.78 is 0. The highest BCUT2D eigenvalue weighted by atomic mass is 16.2. The molecule has 0 N–H and O–H groups in total. The topological polar surface area (TPSA) is 53.5 Å². The van der Waals surface area contributed by atoms with Crippen LogP contribution < -0.4 is 0 Å². The smallest absolute Gasteiger partial charge is 0.228 e. The SMILES string of the molecule is O=C(C1CC=CC1)N1C[C@H]2CN(Cc3ccncc3)C(=O)[C@H]2C1. The van der Waals surface area contributed by atoms with E-state index in [9.17, 15) is 9.59 Å². The summed E-state index contributed by atoms with van der Waals surface area (Å²) in [7, 11) is 0. The lowest BCUT2D eigenvalue weighted by Crippen LogP contribution is -2.37. The van der Waals surface area contributed by atoms with Crippen LogP contribution in [0.2, 0.25) is 0 Å². The molecule has 3 aliphatic rings. The predicted octanol–water partition coefficient (Wildman–Crippen LogP) is 1.46. The van der Waals surface area contributed by atoms with Crippen LogP contribution in [-0.2, 0) is 16.1 Å². The molecule has 4 rings (SSSR count). The van der Waals surface area contributed by atoms with Gasteiger partial charge < -0.3 is 9.80 Å². The van der Waals surface area contributed by atoms with Gasteiger partial charge in [-0.2, -0.15) is 0 Å². The third kappa shape index (κ3) is 2.64. The molecule has 1 aromatic rings. The number of nitrogens with zero attached hydrogens (tertiary/aromatic N) is 3. The Kier molecular flexibility index (Phi) is 3.63. The fraction of sp³-hybridized carbons (Fsp3) is 0.500. The van der Waals surface area contributed by atoms with Crippen molar-refractivity contribution in [3.63, 3.8) is 0 Å². The standard InChI is InChI=1S/C18H21N3O2/c22-17(14-3-1-2-4-14)21-11-15-10-20(18(23)16(15)12-21)9-13-5-7-19-8-6-13/h1-2,5-8,14-16H,3-4,9-12H2/t15-,16+/m1/s1. The molecule has 0 saturated carbocycles. The van der Waals surface area contributed by atoms with Gasteiger partial charge in [0.05, 0.1) is 5.92 Å². The van der Waals surface area contributed by atoms with Crippen molar-refractivity contribution in [3.05, 3.63) is 42.2 Å². The third-order valence-electron chi connectivity index (χ3n) is 5.32. The van der Waals surface area contributed by atoms with Crippen molar-refractivity contribution >= 4 is 11.8 Å². The molecule has 3 heterocycles. The fourth-order valence-electron chi connectivity index (χ4n) is 4.05. The van der Waals surface area contributed by atoms with Gasteiger partial charge in [-0.15, -0.1) is 0 Å². The average Bonchev–Trinajstić information content (AvgIpc) is 3.28. The lowest BCUT2D eigenvalue weighted by molar-refractivity contribution is -0.136. The van der Waals surface area contributed by atoms with Crippen molar-refractivity contribution in [1.29, 1.82) is 0 Å². The zero-order valence-electron chi connectivity index (χ0n) is 13.1. The van der Waals surface area contributed by atoms with Crippen LogP contribution in [-0.4, -0.2) is 46.2 Å². The highest BCUT2D eigenvalue weighted by Gasteiger charge is 2.47. The van der Waals surface area contributed by atoms with Crippen LogP contribution in [0.15, 0.2) is 36.7 Å². The molecule has 2 saturated heterocycles. The van der Waals surface area contributed by atoms with E-state index < -0.39 is 0 Å². The quantitative estimate of drug-likeness (QED) is 0.794. The van der Waals surface area contributed by atoms with Crippen molar-refractivity contribution in [2.24, 2.45) is 17.8 Å². The molecule has 1 aromatic heterocycles. The van der Waals surface area contributed by atoms with E-state index in [4.69, 9.17) is 0 Å². The summed E-state index contributed by atoms with van der Waals surface area (Å²) in [6, 6.07) is 3.90. The molecule has 1 aliphatic carbocycles. The first kappa shape index (κ1) is 14.4. The summed E-state index contributed by atoms with van der Waals surface area (Å²) in [6.07, 6.45) is 9.39. The van der Waals surface area contributed by atoms with Crippen LogP contribution in [0.3, 0.4) is 0 Å². The molecule has 2 amide bonds. The van der Waals surface area contributed by atoms with Gasteiger partial charge in [0.2, 0.25) is 11.8 Å². The maximum atomic E-state index is 12.6. The minimum Gasteiger partial charge on any atom is -0.341 e. The van der Waals surface area contributed by atoms with E-state index in [1.165, 1.54) is 0 Å². The molecular weight excluding hydrogens is 290 g/mol. The van der Waals surface area contributed by atoms with Gasteiger partial charge in [-0.05, 0) is 30.5 Å². The van der Waals surface area contributed by atoms with Crippen molar-refractivity contribution in [2.45, 2.75) is 19.4 Å². The number of fused-ring (bicyclic) bond motifs is 1. The van der Waals surface area contributed by atoms with Crippen LogP contribution in [0.1, 0.15) is 18.4 Å². The molecule has 0 unspecified atom stereocenters. The van der Waals surface area contributed by atoms with Gasteiger partial charge in [0.1, 0.15) is 0 Å². The molecule has 0 spiro atoms. The van der Waals surface area contributed by atoms with Crippen molar-refractivity contribution in [1.82, 2.24) is 14.8 Å². The summed E-state index contributed by atoms with van der Waals surface area (Å²) in [6.45, 7) is 2.75. The summed E-state index contributed by atoms with van der Waals surface area (Å²) in [5.74, 6) is 0.833. The van der Waals surface area contributed by atoms with E-state index in [-0.39, 0.29) is 23.7 Å². The summed E-state index contributed by atoms with van der Waals surface area (Å²) in [5.41, 5.74) is 1.11. The predicted molar refractivity (Wildman–Crippen MR) is 85.1 cm³/mol. The lowest BCUT2D eigenvalue weighted by Gasteiger charge is -2.24. The molecule has 120 valence electrons. The number of hydrogen-bond acceptors (Lipinski definition) is 3. The number of likely N-dealkylation sites (tertiary alicyclic amines) is 2. The molecule has 0 bridgehead atoms. The Balaban J connectivity index is 1.38. The number of aromatic nitrogens is 1. The number of carbonyl (C=O) groups excluding carboxylic acids is 2. The second kappa shape index (κ2) is 5.80. The largest absolute Gasteiger partial charge is 0.341 e. The zero-order valence-corrected chi connectivity index (χ0v) is 13.1. The number of carbonyl (C=O) groups is 2. The Hall–Kier alpha value is -2.17. The molecule has 23 heavy (non-hydrogen) atoms. The molecule has 0 radical (unpaired) electrons. The van der Waals surface area contributed by atoms with Crippen LogP contribution in [0.4, 0.5) is 0 Å². The zero-order chi connectivity index (χ0) is 15.8. The van der Waals surface area contributed by atoms with E-state index in [1.807, 2.05) is 21.9 Å². The van der Waals surface area contributed by atoms with Crippen molar-refractivity contribution in [2.75, 3.05) is 19.6 Å².